The van der Waals surface area contributed by atoms with Gasteiger partial charge in [0.1, 0.15) is 12.4 Å². The van der Waals surface area contributed by atoms with Gasteiger partial charge in [0.05, 0.1) is 0 Å². The molecule has 0 saturated carbocycles. The van der Waals surface area contributed by atoms with Gasteiger partial charge in [-0.3, -0.25) is 4.79 Å². The average Bonchev–Trinajstić information content (AvgIpc) is 2.34. The maximum absolute atomic E-state index is 10.8. The fourth-order valence-electron chi connectivity index (χ4n) is 1.34. The van der Waals surface area contributed by atoms with E-state index in [9.17, 15) is 9.59 Å². The number of hydrogen-bond acceptors (Lipinski definition) is 3. The van der Waals surface area contributed by atoms with Crippen molar-refractivity contribution in [1.29, 1.82) is 0 Å². The van der Waals surface area contributed by atoms with Crippen molar-refractivity contribution in [2.45, 2.75) is 13.3 Å². The number of benzene rings is 1. The van der Waals surface area contributed by atoms with Gasteiger partial charge < -0.3 is 15.6 Å². The first-order valence-electron chi connectivity index (χ1n) is 5.49. The van der Waals surface area contributed by atoms with E-state index in [0.717, 1.165) is 0 Å². The van der Waals surface area contributed by atoms with Crippen LogP contribution in [-0.2, 0) is 4.79 Å². The highest BCUT2D eigenvalue weighted by atomic mass is 16.5. The molecule has 1 aromatic rings. The van der Waals surface area contributed by atoms with Crippen molar-refractivity contribution >= 4 is 11.9 Å². The summed E-state index contributed by atoms with van der Waals surface area (Å²) in [5, 5.41) is 8.79. The van der Waals surface area contributed by atoms with Crippen LogP contribution in [0.3, 0.4) is 0 Å². The van der Waals surface area contributed by atoms with E-state index in [2.05, 4.69) is 0 Å². The number of hydrogen-bond donors (Lipinski definition) is 2. The lowest BCUT2D eigenvalue weighted by Crippen LogP contribution is -2.10. The van der Waals surface area contributed by atoms with Crippen LogP contribution in [-0.4, -0.2) is 23.6 Å². The van der Waals surface area contributed by atoms with Gasteiger partial charge in [-0.05, 0) is 36.8 Å². The standard InChI is InChI=1S/C13H15NO4/c1-2-9(13(16)17)7-8-18-11-5-3-10(4-6-11)12(14)15/h3-7H,2,8H2,1H3,(H2,14,15)(H,16,17). The van der Waals surface area contributed by atoms with Crippen molar-refractivity contribution in [3.05, 3.63) is 41.5 Å². The van der Waals surface area contributed by atoms with E-state index in [1.165, 1.54) is 6.08 Å². The first-order valence-corrected chi connectivity index (χ1v) is 5.49. The number of aliphatic carboxylic acids is 1. The molecule has 5 heteroatoms. The van der Waals surface area contributed by atoms with Crippen molar-refractivity contribution in [1.82, 2.24) is 0 Å². The van der Waals surface area contributed by atoms with E-state index in [-0.39, 0.29) is 6.61 Å². The maximum atomic E-state index is 10.8. The molecule has 0 aliphatic carbocycles. The third-order valence-corrected chi connectivity index (χ3v) is 2.37. The number of amides is 1. The highest BCUT2D eigenvalue weighted by molar-refractivity contribution is 5.92. The maximum Gasteiger partial charge on any atom is 0.331 e. The Morgan fingerprint density at radius 3 is 2.39 bits per heavy atom. The predicted molar refractivity (Wildman–Crippen MR) is 66.5 cm³/mol. The lowest BCUT2D eigenvalue weighted by molar-refractivity contribution is -0.132. The van der Waals surface area contributed by atoms with Gasteiger partial charge >= 0.3 is 5.97 Å². The summed E-state index contributed by atoms with van der Waals surface area (Å²) in [5.41, 5.74) is 5.81. The van der Waals surface area contributed by atoms with Gasteiger partial charge in [-0.15, -0.1) is 0 Å². The Hall–Kier alpha value is -2.30. The van der Waals surface area contributed by atoms with E-state index < -0.39 is 11.9 Å². The topological polar surface area (TPSA) is 89.6 Å². The summed E-state index contributed by atoms with van der Waals surface area (Å²) < 4.78 is 5.33. The molecule has 1 amide bonds. The zero-order valence-electron chi connectivity index (χ0n) is 10.1. The minimum atomic E-state index is -0.940. The number of primary amides is 1. The SMILES string of the molecule is CCC(=CCOc1ccc(C(N)=O)cc1)C(=O)O. The van der Waals surface area contributed by atoms with Crippen LogP contribution in [0.4, 0.5) is 0 Å². The lowest BCUT2D eigenvalue weighted by Gasteiger charge is -2.04. The second kappa shape index (κ2) is 6.44. The van der Waals surface area contributed by atoms with Crippen molar-refractivity contribution in [3.8, 4) is 5.75 Å². The van der Waals surface area contributed by atoms with Gasteiger partial charge in [0.25, 0.3) is 0 Å². The molecule has 5 nitrogen and oxygen atoms in total. The average molecular weight is 249 g/mol. The molecule has 0 heterocycles. The van der Waals surface area contributed by atoms with Crippen LogP contribution in [0.25, 0.3) is 0 Å². The van der Waals surface area contributed by atoms with Crippen LogP contribution in [0.15, 0.2) is 35.9 Å². The van der Waals surface area contributed by atoms with E-state index in [1.807, 2.05) is 0 Å². The van der Waals surface area contributed by atoms with Gasteiger partial charge in [-0.2, -0.15) is 0 Å². The number of ether oxygens (including phenoxy) is 1. The number of carboxylic acid groups (broad SMARTS) is 1. The van der Waals surface area contributed by atoms with Crippen LogP contribution in [0.2, 0.25) is 0 Å². The molecular weight excluding hydrogens is 234 g/mol. The van der Waals surface area contributed by atoms with E-state index >= 15 is 0 Å². The Kier molecular flexibility index (Phi) is 4.92. The lowest BCUT2D eigenvalue weighted by atomic mass is 10.2. The molecule has 0 fully saturated rings. The van der Waals surface area contributed by atoms with Crippen LogP contribution < -0.4 is 10.5 Å². The summed E-state index contributed by atoms with van der Waals surface area (Å²) in [6.07, 6.45) is 1.96. The molecule has 1 aromatic carbocycles. The molecule has 0 unspecified atom stereocenters. The summed E-state index contributed by atoms with van der Waals surface area (Å²) in [6.45, 7) is 1.94. The molecular formula is C13H15NO4. The summed E-state index contributed by atoms with van der Waals surface area (Å²) in [4.78, 5) is 21.6. The number of rotatable bonds is 6. The molecule has 1 rings (SSSR count). The summed E-state index contributed by atoms with van der Waals surface area (Å²) in [6, 6.07) is 6.33. The quantitative estimate of drug-likeness (QED) is 0.749. The van der Waals surface area contributed by atoms with Crippen LogP contribution >= 0.6 is 0 Å². The summed E-state index contributed by atoms with van der Waals surface area (Å²) in [7, 11) is 0. The predicted octanol–water partition coefficient (Wildman–Crippen LogP) is 1.59. The largest absolute Gasteiger partial charge is 0.490 e. The first kappa shape index (κ1) is 13.8. The second-order valence-corrected chi connectivity index (χ2v) is 3.59. The number of nitrogens with two attached hydrogens (primary N) is 1. The monoisotopic (exact) mass is 249 g/mol. The molecule has 0 saturated heterocycles. The molecule has 0 aromatic heterocycles. The second-order valence-electron chi connectivity index (χ2n) is 3.59. The number of carboxylic acids is 1. The van der Waals surface area contributed by atoms with Crippen LogP contribution in [0, 0.1) is 0 Å². The summed E-state index contributed by atoms with van der Waals surface area (Å²) in [5.74, 6) is -0.886. The van der Waals surface area contributed by atoms with Crippen LogP contribution in [0.1, 0.15) is 23.7 Å². The van der Waals surface area contributed by atoms with Crippen LogP contribution in [0.5, 0.6) is 5.75 Å². The highest BCUT2D eigenvalue weighted by Gasteiger charge is 2.03. The number of carbonyl (C=O) groups is 2. The molecule has 3 N–H and O–H groups in total. The zero-order chi connectivity index (χ0) is 13.5. The first-order chi connectivity index (χ1) is 8.54. The van der Waals surface area contributed by atoms with E-state index in [1.54, 1.807) is 31.2 Å². The third kappa shape index (κ3) is 3.93. The molecule has 96 valence electrons. The zero-order valence-corrected chi connectivity index (χ0v) is 10.1. The Balaban J connectivity index is 2.59. The molecule has 0 radical (unpaired) electrons. The Morgan fingerprint density at radius 2 is 1.94 bits per heavy atom. The molecule has 0 bridgehead atoms. The van der Waals surface area contributed by atoms with Crippen molar-refractivity contribution in [2.75, 3.05) is 6.61 Å². The molecule has 0 spiro atoms. The Morgan fingerprint density at radius 1 is 1.33 bits per heavy atom. The Labute approximate surface area is 105 Å². The van der Waals surface area contributed by atoms with Crippen molar-refractivity contribution in [3.63, 3.8) is 0 Å². The molecule has 0 aliphatic heterocycles. The smallest absolute Gasteiger partial charge is 0.331 e. The minimum absolute atomic E-state index is 0.172. The van der Waals surface area contributed by atoms with Gasteiger partial charge in [-0.1, -0.05) is 6.92 Å². The van der Waals surface area contributed by atoms with Gasteiger partial charge in [-0.25, -0.2) is 4.79 Å². The van der Waals surface area contributed by atoms with Crippen molar-refractivity contribution in [2.24, 2.45) is 5.73 Å². The number of carbonyl (C=O) groups excluding carboxylic acids is 1. The summed E-state index contributed by atoms with van der Waals surface area (Å²) >= 11 is 0. The van der Waals surface area contributed by atoms with Gasteiger partial charge in [0, 0.05) is 11.1 Å². The minimum Gasteiger partial charge on any atom is -0.490 e. The molecule has 0 atom stereocenters. The van der Waals surface area contributed by atoms with Gasteiger partial charge in [0.2, 0.25) is 5.91 Å². The van der Waals surface area contributed by atoms with Gasteiger partial charge in [0.15, 0.2) is 0 Å². The van der Waals surface area contributed by atoms with E-state index in [4.69, 9.17) is 15.6 Å². The molecule has 18 heavy (non-hydrogen) atoms. The Bertz CT molecular complexity index is 462. The normalized spacial score (nSPS) is 11.1. The third-order valence-electron chi connectivity index (χ3n) is 2.37. The molecule has 0 aliphatic rings. The fraction of sp³-hybridized carbons (Fsp3) is 0.231. The van der Waals surface area contributed by atoms with Crippen molar-refractivity contribution < 1.29 is 19.4 Å². The fourth-order valence-corrected chi connectivity index (χ4v) is 1.34. The highest BCUT2D eigenvalue weighted by Crippen LogP contribution is 2.12. The van der Waals surface area contributed by atoms with E-state index in [0.29, 0.717) is 23.3 Å².